The number of benzene rings is 1. The molecule has 1 aromatic heterocycles. The van der Waals surface area contributed by atoms with Crippen molar-refractivity contribution in [1.29, 1.82) is 0 Å². The second-order valence-corrected chi connectivity index (χ2v) is 3.75. The SMILES string of the molecule is O=C(O)c1cncnc1Nc1ccc(Cl)c(F)c1. The Morgan fingerprint density at radius 3 is 2.89 bits per heavy atom. The Morgan fingerprint density at radius 2 is 2.22 bits per heavy atom. The summed E-state index contributed by atoms with van der Waals surface area (Å²) in [7, 11) is 0. The minimum absolute atomic E-state index is 0.0123. The summed E-state index contributed by atoms with van der Waals surface area (Å²) in [4.78, 5) is 18.3. The van der Waals surface area contributed by atoms with Crippen LogP contribution < -0.4 is 5.32 Å². The van der Waals surface area contributed by atoms with Crippen LogP contribution in [0.4, 0.5) is 15.9 Å². The maximum atomic E-state index is 13.2. The topological polar surface area (TPSA) is 75.1 Å². The summed E-state index contributed by atoms with van der Waals surface area (Å²) in [6.45, 7) is 0. The number of nitrogens with zero attached hydrogens (tertiary/aromatic N) is 2. The quantitative estimate of drug-likeness (QED) is 0.894. The van der Waals surface area contributed by atoms with Crippen LogP contribution in [0.15, 0.2) is 30.7 Å². The average molecular weight is 268 g/mol. The summed E-state index contributed by atoms with van der Waals surface area (Å²) in [6, 6.07) is 4.02. The van der Waals surface area contributed by atoms with Crippen LogP contribution in [0, 0.1) is 5.82 Å². The number of carbonyl (C=O) groups is 1. The van der Waals surface area contributed by atoms with E-state index in [9.17, 15) is 9.18 Å². The van der Waals surface area contributed by atoms with Crippen LogP contribution in [0.5, 0.6) is 0 Å². The standard InChI is InChI=1S/C11H7ClFN3O2/c12-8-2-1-6(3-9(8)13)16-10-7(11(17)18)4-14-5-15-10/h1-5H,(H,17,18)(H,14,15,16). The van der Waals surface area contributed by atoms with E-state index < -0.39 is 11.8 Å². The number of carboxylic acid groups (broad SMARTS) is 1. The van der Waals surface area contributed by atoms with Crippen molar-refractivity contribution < 1.29 is 14.3 Å². The van der Waals surface area contributed by atoms with E-state index in [2.05, 4.69) is 15.3 Å². The smallest absolute Gasteiger partial charge is 0.341 e. The molecule has 1 aromatic carbocycles. The van der Waals surface area contributed by atoms with Gasteiger partial charge in [0.05, 0.1) is 5.02 Å². The van der Waals surface area contributed by atoms with Crippen LogP contribution in [0.2, 0.25) is 5.02 Å². The molecule has 5 nitrogen and oxygen atoms in total. The Labute approximate surface area is 106 Å². The number of hydrogen-bond donors (Lipinski definition) is 2. The lowest BCUT2D eigenvalue weighted by molar-refractivity contribution is 0.0697. The first-order chi connectivity index (χ1) is 8.58. The van der Waals surface area contributed by atoms with Crippen molar-refractivity contribution >= 4 is 29.1 Å². The summed E-state index contributed by atoms with van der Waals surface area (Å²) >= 11 is 5.54. The maximum absolute atomic E-state index is 13.2. The van der Waals surface area contributed by atoms with Gasteiger partial charge in [0.1, 0.15) is 23.5 Å². The molecule has 7 heteroatoms. The Kier molecular flexibility index (Phi) is 3.38. The number of hydrogen-bond acceptors (Lipinski definition) is 4. The minimum Gasteiger partial charge on any atom is -0.477 e. The number of halogens is 2. The van der Waals surface area contributed by atoms with Crippen LogP contribution >= 0.6 is 11.6 Å². The van der Waals surface area contributed by atoms with Gasteiger partial charge in [-0.25, -0.2) is 19.2 Å². The molecule has 0 saturated carbocycles. The monoisotopic (exact) mass is 267 g/mol. The molecule has 0 unspecified atom stereocenters. The molecule has 2 N–H and O–H groups in total. The molecule has 2 rings (SSSR count). The van der Waals surface area contributed by atoms with Gasteiger partial charge in [0.25, 0.3) is 0 Å². The highest BCUT2D eigenvalue weighted by Crippen LogP contribution is 2.22. The van der Waals surface area contributed by atoms with Gasteiger partial charge >= 0.3 is 5.97 Å². The van der Waals surface area contributed by atoms with E-state index in [0.717, 1.165) is 12.3 Å². The molecule has 1 heterocycles. The third-order valence-electron chi connectivity index (χ3n) is 2.13. The molecule has 0 aliphatic heterocycles. The van der Waals surface area contributed by atoms with Gasteiger partial charge in [-0.2, -0.15) is 0 Å². The molecule has 0 saturated heterocycles. The molecule has 0 fully saturated rings. The van der Waals surface area contributed by atoms with Gasteiger partial charge in [-0.05, 0) is 18.2 Å². The predicted octanol–water partition coefficient (Wildman–Crippen LogP) is 2.71. The number of nitrogens with one attached hydrogen (secondary N) is 1. The molecular weight excluding hydrogens is 261 g/mol. The molecule has 0 radical (unpaired) electrons. The zero-order chi connectivity index (χ0) is 13.1. The van der Waals surface area contributed by atoms with Gasteiger partial charge in [0.15, 0.2) is 0 Å². The highest BCUT2D eigenvalue weighted by molar-refractivity contribution is 6.30. The third kappa shape index (κ3) is 2.54. The number of anilines is 2. The molecule has 0 aliphatic rings. The van der Waals surface area contributed by atoms with E-state index in [1.807, 2.05) is 0 Å². The Hall–Kier alpha value is -2.21. The lowest BCUT2D eigenvalue weighted by atomic mass is 10.2. The van der Waals surface area contributed by atoms with Gasteiger partial charge in [-0.3, -0.25) is 0 Å². The Balaban J connectivity index is 2.34. The molecule has 0 spiro atoms. The van der Waals surface area contributed by atoms with E-state index in [4.69, 9.17) is 16.7 Å². The largest absolute Gasteiger partial charge is 0.477 e. The third-order valence-corrected chi connectivity index (χ3v) is 2.43. The predicted molar refractivity (Wildman–Crippen MR) is 63.7 cm³/mol. The Morgan fingerprint density at radius 1 is 1.44 bits per heavy atom. The Bertz CT molecular complexity index is 607. The number of carboxylic acids is 1. The van der Waals surface area contributed by atoms with E-state index in [0.29, 0.717) is 5.69 Å². The number of rotatable bonds is 3. The molecule has 0 aliphatic carbocycles. The first-order valence-electron chi connectivity index (χ1n) is 4.83. The maximum Gasteiger partial charge on any atom is 0.341 e. The summed E-state index contributed by atoms with van der Waals surface area (Å²) in [6.07, 6.45) is 2.35. The fourth-order valence-electron chi connectivity index (χ4n) is 1.30. The summed E-state index contributed by atoms with van der Waals surface area (Å²) in [5, 5.41) is 11.6. The highest BCUT2D eigenvalue weighted by Gasteiger charge is 2.12. The second-order valence-electron chi connectivity index (χ2n) is 3.34. The molecular formula is C11H7ClFN3O2. The van der Waals surface area contributed by atoms with Gasteiger partial charge in [0.2, 0.25) is 0 Å². The first-order valence-corrected chi connectivity index (χ1v) is 5.21. The fraction of sp³-hybridized carbons (Fsp3) is 0. The summed E-state index contributed by atoms with van der Waals surface area (Å²) < 4.78 is 13.2. The van der Waals surface area contributed by atoms with Crippen molar-refractivity contribution in [2.75, 3.05) is 5.32 Å². The summed E-state index contributed by atoms with van der Waals surface area (Å²) in [5.41, 5.74) is 0.242. The van der Waals surface area contributed by atoms with Crippen molar-refractivity contribution in [2.45, 2.75) is 0 Å². The number of aromatic nitrogens is 2. The van der Waals surface area contributed by atoms with Crippen LogP contribution in [0.25, 0.3) is 0 Å². The van der Waals surface area contributed by atoms with Crippen LogP contribution in [0.1, 0.15) is 10.4 Å². The molecule has 2 aromatic rings. The molecule has 0 atom stereocenters. The van der Waals surface area contributed by atoms with E-state index >= 15 is 0 Å². The zero-order valence-corrected chi connectivity index (χ0v) is 9.65. The van der Waals surface area contributed by atoms with Crippen molar-refractivity contribution in [2.24, 2.45) is 0 Å². The normalized spacial score (nSPS) is 10.1. The fourth-order valence-corrected chi connectivity index (χ4v) is 1.41. The van der Waals surface area contributed by atoms with Crippen molar-refractivity contribution in [3.05, 3.63) is 47.1 Å². The lowest BCUT2D eigenvalue weighted by Gasteiger charge is -2.08. The first kappa shape index (κ1) is 12.3. The minimum atomic E-state index is -1.17. The molecule has 92 valence electrons. The highest BCUT2D eigenvalue weighted by atomic mass is 35.5. The van der Waals surface area contributed by atoms with Gasteiger partial charge < -0.3 is 10.4 Å². The molecule has 18 heavy (non-hydrogen) atoms. The van der Waals surface area contributed by atoms with Gasteiger partial charge in [-0.1, -0.05) is 11.6 Å². The summed E-state index contributed by atoms with van der Waals surface area (Å²) in [5.74, 6) is -1.70. The van der Waals surface area contributed by atoms with E-state index in [1.165, 1.54) is 18.5 Å². The number of aromatic carboxylic acids is 1. The average Bonchev–Trinajstić information content (AvgIpc) is 2.34. The van der Waals surface area contributed by atoms with Gasteiger partial charge in [-0.15, -0.1) is 0 Å². The van der Waals surface area contributed by atoms with E-state index in [-0.39, 0.29) is 16.4 Å². The lowest BCUT2D eigenvalue weighted by Crippen LogP contribution is -2.05. The van der Waals surface area contributed by atoms with Crippen LogP contribution in [-0.2, 0) is 0 Å². The molecule has 0 amide bonds. The zero-order valence-electron chi connectivity index (χ0n) is 8.89. The van der Waals surface area contributed by atoms with Crippen LogP contribution in [-0.4, -0.2) is 21.0 Å². The van der Waals surface area contributed by atoms with Crippen molar-refractivity contribution in [3.63, 3.8) is 0 Å². The molecule has 0 bridgehead atoms. The van der Waals surface area contributed by atoms with Crippen molar-refractivity contribution in [3.8, 4) is 0 Å². The second kappa shape index (κ2) is 4.97. The van der Waals surface area contributed by atoms with E-state index in [1.54, 1.807) is 0 Å². The van der Waals surface area contributed by atoms with Gasteiger partial charge in [0, 0.05) is 11.9 Å². The van der Waals surface area contributed by atoms with Crippen molar-refractivity contribution in [1.82, 2.24) is 9.97 Å². The van der Waals surface area contributed by atoms with Crippen LogP contribution in [0.3, 0.4) is 0 Å².